The minimum Gasteiger partial charge on any atom is -0.394 e. The Morgan fingerprint density at radius 2 is 1.49 bits per heavy atom. The zero-order chi connectivity index (χ0) is 25.7. The molecule has 2 rings (SSSR count). The van der Waals surface area contributed by atoms with Crippen LogP contribution in [0.4, 0.5) is 4.79 Å². The van der Waals surface area contributed by atoms with Crippen LogP contribution in [-0.2, 0) is 9.53 Å². The molecule has 202 valence electrons. The fraction of sp³-hybridized carbons (Fsp3) is 0.846. The Morgan fingerprint density at radius 3 is 1.94 bits per heavy atom. The third-order valence-corrected chi connectivity index (χ3v) is 7.06. The van der Waals surface area contributed by atoms with E-state index in [0.29, 0.717) is 0 Å². The summed E-state index contributed by atoms with van der Waals surface area (Å²) in [5.74, 6) is -0.276. The van der Waals surface area contributed by atoms with Gasteiger partial charge in [-0.25, -0.2) is 4.79 Å². The van der Waals surface area contributed by atoms with Gasteiger partial charge in [-0.05, 0) is 12.5 Å². The number of hydrogen-bond donors (Lipinski definition) is 5. The van der Waals surface area contributed by atoms with E-state index in [9.17, 15) is 24.9 Å². The lowest BCUT2D eigenvalue weighted by molar-refractivity contribution is -0.124. The maximum atomic E-state index is 12.7. The number of ketones is 1. The highest BCUT2D eigenvalue weighted by molar-refractivity contribution is 5.95. The Bertz CT molecular complexity index is 675. The number of nitrogens with zero attached hydrogens (tertiary/aromatic N) is 1. The molecule has 9 nitrogen and oxygen atoms in total. The van der Waals surface area contributed by atoms with E-state index in [0.717, 1.165) is 24.2 Å². The van der Waals surface area contributed by atoms with E-state index in [1.165, 1.54) is 82.9 Å². The summed E-state index contributed by atoms with van der Waals surface area (Å²) in [6.07, 6.45) is 15.3. The third-order valence-electron chi connectivity index (χ3n) is 7.06. The number of urea groups is 1. The Hall–Kier alpha value is -1.52. The first-order chi connectivity index (χ1) is 16.8. The Labute approximate surface area is 210 Å². The summed E-state index contributed by atoms with van der Waals surface area (Å²) in [6.45, 7) is 1.75. The number of unbranched alkanes of at least 4 members (excludes halogenated alkanes) is 13. The number of ether oxygens (including phenoxy) is 1. The van der Waals surface area contributed by atoms with Gasteiger partial charge in [0.2, 0.25) is 0 Å². The van der Waals surface area contributed by atoms with Gasteiger partial charge in [-0.3, -0.25) is 15.4 Å². The maximum absolute atomic E-state index is 12.7. The second-order valence-electron chi connectivity index (χ2n) is 10.0. The first-order valence-corrected chi connectivity index (χ1v) is 13.6. The van der Waals surface area contributed by atoms with Crippen molar-refractivity contribution < 1.29 is 29.6 Å². The van der Waals surface area contributed by atoms with E-state index in [4.69, 9.17) is 10.5 Å². The summed E-state index contributed by atoms with van der Waals surface area (Å²) in [6, 6.07) is -0.709. The van der Waals surface area contributed by atoms with Crippen LogP contribution in [0, 0.1) is 0 Å². The van der Waals surface area contributed by atoms with Crippen molar-refractivity contribution in [3.05, 3.63) is 12.3 Å². The van der Waals surface area contributed by atoms with E-state index in [1.54, 1.807) is 0 Å². The zero-order valence-corrected chi connectivity index (χ0v) is 21.4. The number of hydrogen-bond acceptors (Lipinski definition) is 7. The molecule has 1 saturated heterocycles. The van der Waals surface area contributed by atoms with Crippen LogP contribution in [0.2, 0.25) is 0 Å². The van der Waals surface area contributed by atoms with Gasteiger partial charge >= 0.3 is 6.03 Å². The molecule has 6 N–H and O–H groups in total. The summed E-state index contributed by atoms with van der Waals surface area (Å²) in [7, 11) is 0. The number of rotatable bonds is 18. The van der Waals surface area contributed by atoms with Gasteiger partial charge in [0, 0.05) is 12.6 Å². The van der Waals surface area contributed by atoms with Crippen LogP contribution in [0.1, 0.15) is 103 Å². The number of aliphatic hydroxyl groups excluding tert-OH is 3. The van der Waals surface area contributed by atoms with Gasteiger partial charge in [0.05, 0.1) is 6.61 Å². The number of aliphatic hydroxyl groups is 3. The number of carbonyl (C=O) groups excluding carboxylic acids is 2. The second-order valence-corrected chi connectivity index (χ2v) is 10.0. The van der Waals surface area contributed by atoms with E-state index < -0.39 is 42.8 Å². The summed E-state index contributed by atoms with van der Waals surface area (Å²) in [4.78, 5) is 26.2. The topological polar surface area (TPSA) is 145 Å². The first-order valence-electron chi connectivity index (χ1n) is 13.6. The molecule has 1 fully saturated rings. The highest BCUT2D eigenvalue weighted by atomic mass is 16.6. The molecular formula is C26H47N3O6. The maximum Gasteiger partial charge on any atom is 0.325 e. The number of Topliss-reactive ketones (excluding diaryl/α,β-unsaturated/α-hetero) is 1. The van der Waals surface area contributed by atoms with E-state index in [1.807, 2.05) is 0 Å². The minimum absolute atomic E-state index is 0.271. The minimum atomic E-state index is -1.61. The number of nitrogens with one attached hydrogen (secondary N) is 1. The SMILES string of the molecule is CCCCCCCCCCCCCCCCC(=O)C1(N)C=CN([C@@H]2O[C@H](CO)[C@@H](O)[C@@H]2O)C(=O)N1. The highest BCUT2D eigenvalue weighted by Crippen LogP contribution is 2.26. The standard InChI is InChI=1S/C26H47N3O6/c1-2-3-4-5-6-7-8-9-10-11-12-13-14-15-16-21(31)26(27)17-18-29(25(34)28-26)24-23(33)22(32)20(19-30)35-24/h17-18,20,22-24,30,32-33H,2-16,19,27H2,1H3,(H,28,34)/t20-,22-,23+,24-,26?/m1/s1. The fourth-order valence-electron chi connectivity index (χ4n) is 4.71. The molecular weight excluding hydrogens is 450 g/mol. The summed E-state index contributed by atoms with van der Waals surface area (Å²) < 4.78 is 5.37. The summed E-state index contributed by atoms with van der Waals surface area (Å²) in [5, 5.41) is 31.7. The molecule has 2 aliphatic rings. The first kappa shape index (κ1) is 29.7. The van der Waals surface area contributed by atoms with Crippen LogP contribution in [0.15, 0.2) is 12.3 Å². The molecule has 0 saturated carbocycles. The zero-order valence-electron chi connectivity index (χ0n) is 21.4. The molecule has 2 aliphatic heterocycles. The molecule has 0 aromatic carbocycles. The van der Waals surface area contributed by atoms with Crippen molar-refractivity contribution in [2.75, 3.05) is 6.61 Å². The molecule has 0 aromatic heterocycles. The molecule has 2 amide bonds. The molecule has 0 spiro atoms. The van der Waals surface area contributed by atoms with Crippen LogP contribution < -0.4 is 11.1 Å². The van der Waals surface area contributed by atoms with Crippen molar-refractivity contribution in [3.63, 3.8) is 0 Å². The molecule has 1 unspecified atom stereocenters. The van der Waals surface area contributed by atoms with Gasteiger partial charge in [0.15, 0.2) is 17.7 Å². The lowest BCUT2D eigenvalue weighted by atomic mass is 9.98. The van der Waals surface area contributed by atoms with Crippen LogP contribution in [0.25, 0.3) is 0 Å². The predicted octanol–water partition coefficient (Wildman–Crippen LogP) is 3.06. The Kier molecular flexibility index (Phi) is 13.2. The second kappa shape index (κ2) is 15.6. The van der Waals surface area contributed by atoms with Crippen molar-refractivity contribution in [1.29, 1.82) is 0 Å². The van der Waals surface area contributed by atoms with E-state index >= 15 is 0 Å². The lowest BCUT2D eigenvalue weighted by Gasteiger charge is -2.36. The highest BCUT2D eigenvalue weighted by Gasteiger charge is 2.48. The molecule has 0 bridgehead atoms. The van der Waals surface area contributed by atoms with Crippen LogP contribution in [0.3, 0.4) is 0 Å². The van der Waals surface area contributed by atoms with Crippen molar-refractivity contribution in [3.8, 4) is 0 Å². The summed E-state index contributed by atoms with van der Waals surface area (Å²) >= 11 is 0. The van der Waals surface area contributed by atoms with Gasteiger partial charge in [-0.2, -0.15) is 0 Å². The van der Waals surface area contributed by atoms with Gasteiger partial charge in [0.1, 0.15) is 18.3 Å². The normalized spacial score (nSPS) is 28.5. The van der Waals surface area contributed by atoms with Gasteiger partial charge in [-0.15, -0.1) is 0 Å². The molecule has 9 heteroatoms. The average molecular weight is 498 g/mol. The molecule has 35 heavy (non-hydrogen) atoms. The predicted molar refractivity (Wildman–Crippen MR) is 134 cm³/mol. The molecule has 5 atom stereocenters. The fourth-order valence-corrected chi connectivity index (χ4v) is 4.71. The number of nitrogens with two attached hydrogens (primary N) is 1. The Balaban J connectivity index is 1.58. The average Bonchev–Trinajstić information content (AvgIpc) is 3.12. The van der Waals surface area contributed by atoms with E-state index in [-0.39, 0.29) is 12.2 Å². The Morgan fingerprint density at radius 1 is 0.971 bits per heavy atom. The molecule has 0 aliphatic carbocycles. The van der Waals surface area contributed by atoms with Crippen molar-refractivity contribution in [2.24, 2.45) is 5.73 Å². The van der Waals surface area contributed by atoms with Crippen LogP contribution >= 0.6 is 0 Å². The number of carbonyl (C=O) groups is 2. The van der Waals surface area contributed by atoms with Crippen molar-refractivity contribution in [2.45, 2.75) is 133 Å². The van der Waals surface area contributed by atoms with Gasteiger partial charge < -0.3 is 25.4 Å². The van der Waals surface area contributed by atoms with E-state index in [2.05, 4.69) is 12.2 Å². The monoisotopic (exact) mass is 497 g/mol. The van der Waals surface area contributed by atoms with Gasteiger partial charge in [-0.1, -0.05) is 90.4 Å². The molecule has 0 aromatic rings. The van der Waals surface area contributed by atoms with Crippen molar-refractivity contribution >= 4 is 11.8 Å². The van der Waals surface area contributed by atoms with Crippen LogP contribution in [0.5, 0.6) is 0 Å². The smallest absolute Gasteiger partial charge is 0.325 e. The number of amides is 2. The quantitative estimate of drug-likeness (QED) is 0.183. The largest absolute Gasteiger partial charge is 0.394 e. The molecule has 2 heterocycles. The third kappa shape index (κ3) is 9.13. The lowest BCUT2D eigenvalue weighted by Crippen LogP contribution is -2.66. The summed E-state index contributed by atoms with van der Waals surface area (Å²) in [5.41, 5.74) is 4.53. The molecule has 0 radical (unpaired) electrons. The van der Waals surface area contributed by atoms with Gasteiger partial charge in [0.25, 0.3) is 0 Å². The van der Waals surface area contributed by atoms with Crippen molar-refractivity contribution in [1.82, 2.24) is 10.2 Å². The van der Waals surface area contributed by atoms with Crippen LogP contribution in [-0.4, -0.2) is 68.8 Å².